The minimum atomic E-state index is 0.555. The van der Waals surface area contributed by atoms with Gasteiger partial charge in [-0.15, -0.1) is 0 Å². The van der Waals surface area contributed by atoms with E-state index >= 15 is 0 Å². The van der Waals surface area contributed by atoms with Gasteiger partial charge in [-0.2, -0.15) is 0 Å². The lowest BCUT2D eigenvalue weighted by Gasteiger charge is -2.11. The number of halogens is 1. The second-order valence-corrected chi connectivity index (χ2v) is 5.75. The van der Waals surface area contributed by atoms with Crippen LogP contribution in [0.5, 0.6) is 0 Å². The van der Waals surface area contributed by atoms with E-state index in [-0.39, 0.29) is 0 Å². The standard InChI is InChI=1S/C14H19Br/c1-4-5-11-6-7-12-9(2)10(3)14(15)13(12)8-11/h6-10,14H,4-5H2,1-3H3. The van der Waals surface area contributed by atoms with Gasteiger partial charge >= 0.3 is 0 Å². The first-order valence-corrected chi connectivity index (χ1v) is 6.83. The lowest BCUT2D eigenvalue weighted by molar-refractivity contribution is 0.528. The van der Waals surface area contributed by atoms with Gasteiger partial charge in [0.1, 0.15) is 0 Å². The first-order valence-electron chi connectivity index (χ1n) is 5.92. The summed E-state index contributed by atoms with van der Waals surface area (Å²) in [5.41, 5.74) is 4.56. The zero-order valence-corrected chi connectivity index (χ0v) is 11.3. The van der Waals surface area contributed by atoms with E-state index in [1.54, 1.807) is 5.56 Å². The molecule has 15 heavy (non-hydrogen) atoms. The second kappa shape index (κ2) is 4.29. The van der Waals surface area contributed by atoms with Crippen LogP contribution in [0, 0.1) is 5.92 Å². The van der Waals surface area contributed by atoms with E-state index in [4.69, 9.17) is 0 Å². The Kier molecular flexibility index (Phi) is 3.20. The first-order chi connectivity index (χ1) is 7.15. The normalized spacial score (nSPS) is 29.2. The van der Waals surface area contributed by atoms with Gasteiger partial charge in [-0.3, -0.25) is 0 Å². The average molecular weight is 267 g/mol. The third kappa shape index (κ3) is 1.87. The maximum atomic E-state index is 3.83. The number of aryl methyl sites for hydroxylation is 1. The Balaban J connectivity index is 2.38. The molecule has 3 atom stereocenters. The molecule has 0 saturated carbocycles. The summed E-state index contributed by atoms with van der Waals surface area (Å²) in [6.07, 6.45) is 2.44. The number of alkyl halides is 1. The van der Waals surface area contributed by atoms with Crippen molar-refractivity contribution in [1.82, 2.24) is 0 Å². The van der Waals surface area contributed by atoms with Crippen molar-refractivity contribution in [3.63, 3.8) is 0 Å². The number of benzene rings is 1. The van der Waals surface area contributed by atoms with Gasteiger partial charge in [-0.05, 0) is 34.9 Å². The van der Waals surface area contributed by atoms with Crippen molar-refractivity contribution in [2.75, 3.05) is 0 Å². The van der Waals surface area contributed by atoms with E-state index in [9.17, 15) is 0 Å². The molecular formula is C14H19Br. The number of hydrogen-bond acceptors (Lipinski definition) is 0. The number of hydrogen-bond donors (Lipinski definition) is 0. The van der Waals surface area contributed by atoms with Gasteiger partial charge in [0.2, 0.25) is 0 Å². The fourth-order valence-electron chi connectivity index (χ4n) is 2.54. The molecule has 0 heterocycles. The van der Waals surface area contributed by atoms with Crippen LogP contribution in [0.15, 0.2) is 18.2 Å². The van der Waals surface area contributed by atoms with Gasteiger partial charge < -0.3 is 0 Å². The lowest BCUT2D eigenvalue weighted by Crippen LogP contribution is -1.99. The maximum Gasteiger partial charge on any atom is 0.0429 e. The van der Waals surface area contributed by atoms with E-state index in [1.807, 2.05) is 0 Å². The Bertz CT molecular complexity index is 356. The van der Waals surface area contributed by atoms with Crippen LogP contribution in [0.2, 0.25) is 0 Å². The van der Waals surface area contributed by atoms with Crippen molar-refractivity contribution >= 4 is 15.9 Å². The van der Waals surface area contributed by atoms with Crippen molar-refractivity contribution in [3.05, 3.63) is 34.9 Å². The SMILES string of the molecule is CCCc1ccc2c(c1)C(Br)C(C)C2C. The summed E-state index contributed by atoms with van der Waals surface area (Å²) in [7, 11) is 0. The summed E-state index contributed by atoms with van der Waals surface area (Å²) in [6, 6.07) is 7.04. The van der Waals surface area contributed by atoms with Crippen molar-refractivity contribution in [3.8, 4) is 0 Å². The van der Waals surface area contributed by atoms with E-state index in [0.717, 1.165) is 5.92 Å². The van der Waals surface area contributed by atoms with Crippen molar-refractivity contribution in [1.29, 1.82) is 0 Å². The molecule has 0 bridgehead atoms. The molecule has 1 aliphatic carbocycles. The largest absolute Gasteiger partial charge is 0.0836 e. The molecule has 0 N–H and O–H groups in total. The van der Waals surface area contributed by atoms with Crippen LogP contribution >= 0.6 is 15.9 Å². The van der Waals surface area contributed by atoms with Crippen LogP contribution in [0.25, 0.3) is 0 Å². The summed E-state index contributed by atoms with van der Waals surface area (Å²) in [4.78, 5) is 0.555. The smallest absolute Gasteiger partial charge is 0.0429 e. The molecule has 82 valence electrons. The third-order valence-corrected chi connectivity index (χ3v) is 5.05. The lowest BCUT2D eigenvalue weighted by atomic mass is 9.96. The summed E-state index contributed by atoms with van der Waals surface area (Å²) in [5.74, 6) is 1.41. The van der Waals surface area contributed by atoms with Crippen LogP contribution in [-0.2, 0) is 6.42 Å². The van der Waals surface area contributed by atoms with Crippen LogP contribution in [0.4, 0.5) is 0 Å². The van der Waals surface area contributed by atoms with Crippen LogP contribution in [0.1, 0.15) is 54.6 Å². The minimum Gasteiger partial charge on any atom is -0.0836 e. The fourth-order valence-corrected chi connectivity index (χ4v) is 3.40. The highest BCUT2D eigenvalue weighted by atomic mass is 79.9. The van der Waals surface area contributed by atoms with Gasteiger partial charge in [0.15, 0.2) is 0 Å². The first kappa shape index (κ1) is 11.2. The van der Waals surface area contributed by atoms with Crippen molar-refractivity contribution < 1.29 is 0 Å². The molecule has 2 rings (SSSR count). The summed E-state index contributed by atoms with van der Waals surface area (Å²) in [5, 5.41) is 0. The molecule has 3 unspecified atom stereocenters. The van der Waals surface area contributed by atoms with E-state index in [0.29, 0.717) is 10.7 Å². The quantitative estimate of drug-likeness (QED) is 0.673. The van der Waals surface area contributed by atoms with Crippen molar-refractivity contribution in [2.24, 2.45) is 5.92 Å². The maximum absolute atomic E-state index is 3.83. The second-order valence-electron chi connectivity index (χ2n) is 4.76. The van der Waals surface area contributed by atoms with Crippen LogP contribution in [0.3, 0.4) is 0 Å². The summed E-state index contributed by atoms with van der Waals surface area (Å²) >= 11 is 3.83. The van der Waals surface area contributed by atoms with E-state index in [1.165, 1.54) is 24.0 Å². The van der Waals surface area contributed by atoms with E-state index < -0.39 is 0 Å². The molecule has 0 fully saturated rings. The molecule has 1 heteroatoms. The molecule has 1 aromatic carbocycles. The zero-order chi connectivity index (χ0) is 11.0. The Morgan fingerprint density at radius 2 is 1.93 bits per heavy atom. The molecule has 0 spiro atoms. The molecule has 0 aromatic heterocycles. The van der Waals surface area contributed by atoms with Gasteiger partial charge in [0.25, 0.3) is 0 Å². The van der Waals surface area contributed by atoms with E-state index in [2.05, 4.69) is 54.9 Å². The average Bonchev–Trinajstić information content (AvgIpc) is 2.45. The number of fused-ring (bicyclic) bond motifs is 1. The molecule has 0 amide bonds. The summed E-state index contributed by atoms with van der Waals surface area (Å²) in [6.45, 7) is 6.91. The van der Waals surface area contributed by atoms with Crippen molar-refractivity contribution in [2.45, 2.75) is 44.4 Å². The van der Waals surface area contributed by atoms with Gasteiger partial charge in [-0.1, -0.05) is 61.3 Å². The number of rotatable bonds is 2. The highest BCUT2D eigenvalue weighted by Crippen LogP contribution is 2.49. The van der Waals surface area contributed by atoms with Gasteiger partial charge in [0.05, 0.1) is 0 Å². The summed E-state index contributed by atoms with van der Waals surface area (Å²) < 4.78 is 0. The predicted molar refractivity (Wildman–Crippen MR) is 69.7 cm³/mol. The Morgan fingerprint density at radius 3 is 2.60 bits per heavy atom. The Labute approximate surface area is 101 Å². The molecule has 1 aliphatic rings. The minimum absolute atomic E-state index is 0.555. The monoisotopic (exact) mass is 266 g/mol. The van der Waals surface area contributed by atoms with Gasteiger partial charge in [-0.25, -0.2) is 0 Å². The van der Waals surface area contributed by atoms with Gasteiger partial charge in [0, 0.05) is 4.83 Å². The molecule has 1 aromatic rings. The topological polar surface area (TPSA) is 0 Å². The van der Waals surface area contributed by atoms with Crippen LogP contribution < -0.4 is 0 Å². The fraction of sp³-hybridized carbons (Fsp3) is 0.571. The third-order valence-electron chi connectivity index (χ3n) is 3.73. The Hall–Kier alpha value is -0.300. The predicted octanol–water partition coefficient (Wildman–Crippen LogP) is 4.83. The zero-order valence-electron chi connectivity index (χ0n) is 9.76. The molecule has 0 nitrogen and oxygen atoms in total. The molecule has 0 aliphatic heterocycles. The molecule has 0 radical (unpaired) electrons. The highest BCUT2D eigenvalue weighted by molar-refractivity contribution is 9.09. The Morgan fingerprint density at radius 1 is 1.20 bits per heavy atom. The van der Waals surface area contributed by atoms with Crippen LogP contribution in [-0.4, -0.2) is 0 Å². The molecule has 0 saturated heterocycles. The molecular weight excluding hydrogens is 248 g/mol. The highest BCUT2D eigenvalue weighted by Gasteiger charge is 2.33.